The van der Waals surface area contributed by atoms with Crippen molar-refractivity contribution in [2.75, 3.05) is 0 Å². The number of pyridine rings is 1. The van der Waals surface area contributed by atoms with Crippen molar-refractivity contribution in [1.29, 1.82) is 5.26 Å². The van der Waals surface area contributed by atoms with Gasteiger partial charge in [-0.15, -0.1) is 0 Å². The van der Waals surface area contributed by atoms with Gasteiger partial charge in [-0.1, -0.05) is 97.1 Å². The smallest absolute Gasteiger partial charge is 0.167 e. The molecule has 6 heteroatoms. The quantitative estimate of drug-likeness (QED) is 0.177. The molecule has 0 N–H and O–H groups in total. The van der Waals surface area contributed by atoms with E-state index in [1.807, 2.05) is 97.2 Å². The molecule has 238 valence electrons. The van der Waals surface area contributed by atoms with Gasteiger partial charge < -0.3 is 4.42 Å². The number of benzene rings is 6. The Bertz CT molecular complexity index is 2750. The zero-order valence-electron chi connectivity index (χ0n) is 27.2. The SMILES string of the molecule is N#Cc1ccc(-c2nc(-c3cccc(-c4ccccc4)c3)nc(-c3cc(-c4ccccc4-c4ccccn4)cc4c3oc3ccccc34)n2)cc1. The topological polar surface area (TPSA) is 88.5 Å². The van der Waals surface area contributed by atoms with Crippen molar-refractivity contribution < 1.29 is 4.42 Å². The maximum atomic E-state index is 9.47. The van der Waals surface area contributed by atoms with E-state index in [-0.39, 0.29) is 0 Å². The lowest BCUT2D eigenvalue weighted by Crippen LogP contribution is -2.01. The van der Waals surface area contributed by atoms with Crippen molar-refractivity contribution >= 4 is 21.9 Å². The third-order valence-corrected chi connectivity index (χ3v) is 9.03. The molecule has 0 spiro atoms. The standard InChI is InChI=1S/C45H27N5O/c46-28-29-20-22-31(23-21-29)43-48-44(33-14-10-13-32(25-33)30-11-2-1-3-12-30)50-45(49-43)39-27-34(26-38-37-17-6-7-19-41(37)51-42(38)39)35-15-4-5-16-36(35)40-18-8-9-24-47-40/h1-27H. The van der Waals surface area contributed by atoms with Crippen LogP contribution in [-0.4, -0.2) is 19.9 Å². The molecular weight excluding hydrogens is 627 g/mol. The Kier molecular flexibility index (Phi) is 7.42. The Morgan fingerprint density at radius 1 is 0.451 bits per heavy atom. The highest BCUT2D eigenvalue weighted by Crippen LogP contribution is 2.41. The van der Waals surface area contributed by atoms with E-state index in [1.165, 1.54) is 0 Å². The zero-order chi connectivity index (χ0) is 34.1. The van der Waals surface area contributed by atoms with E-state index in [0.29, 0.717) is 28.6 Å². The van der Waals surface area contributed by atoms with Gasteiger partial charge in [-0.3, -0.25) is 4.98 Å². The average Bonchev–Trinajstić information content (AvgIpc) is 3.60. The molecule has 0 atom stereocenters. The Labute approximate surface area is 294 Å². The second kappa shape index (κ2) is 12.7. The van der Waals surface area contributed by atoms with Gasteiger partial charge in [-0.2, -0.15) is 5.26 Å². The molecular formula is C45H27N5O. The van der Waals surface area contributed by atoms with E-state index in [4.69, 9.17) is 19.4 Å². The number of fused-ring (bicyclic) bond motifs is 3. The van der Waals surface area contributed by atoms with Crippen LogP contribution in [0.25, 0.3) is 89.6 Å². The molecule has 0 bridgehead atoms. The predicted octanol–water partition coefficient (Wildman–Crippen LogP) is 11.0. The molecule has 0 unspecified atom stereocenters. The van der Waals surface area contributed by atoms with E-state index in [9.17, 15) is 5.26 Å². The summed E-state index contributed by atoms with van der Waals surface area (Å²) in [6.45, 7) is 0. The van der Waals surface area contributed by atoms with E-state index in [0.717, 1.165) is 66.6 Å². The molecule has 0 aliphatic heterocycles. The minimum atomic E-state index is 0.477. The first-order valence-corrected chi connectivity index (χ1v) is 16.6. The number of furan rings is 1. The summed E-state index contributed by atoms with van der Waals surface area (Å²) in [7, 11) is 0. The fraction of sp³-hybridized carbons (Fsp3) is 0. The van der Waals surface area contributed by atoms with Crippen LogP contribution in [0.1, 0.15) is 5.56 Å². The first-order valence-electron chi connectivity index (χ1n) is 16.6. The summed E-state index contributed by atoms with van der Waals surface area (Å²) >= 11 is 0. The summed E-state index contributed by atoms with van der Waals surface area (Å²) in [6, 6.07) is 54.6. The van der Waals surface area contributed by atoms with Gasteiger partial charge in [0.25, 0.3) is 0 Å². The Morgan fingerprint density at radius 2 is 1.14 bits per heavy atom. The third kappa shape index (κ3) is 5.59. The van der Waals surface area contributed by atoms with Crippen molar-refractivity contribution in [3.05, 3.63) is 169 Å². The summed E-state index contributed by atoms with van der Waals surface area (Å²) in [5, 5.41) is 11.4. The maximum absolute atomic E-state index is 9.47. The number of nitriles is 1. The third-order valence-electron chi connectivity index (χ3n) is 9.03. The fourth-order valence-electron chi connectivity index (χ4n) is 6.55. The molecule has 0 aliphatic carbocycles. The molecule has 6 nitrogen and oxygen atoms in total. The molecule has 6 aromatic carbocycles. The number of hydrogen-bond acceptors (Lipinski definition) is 6. The summed E-state index contributed by atoms with van der Waals surface area (Å²) in [6.07, 6.45) is 1.81. The van der Waals surface area contributed by atoms with Crippen molar-refractivity contribution in [3.8, 4) is 73.7 Å². The van der Waals surface area contributed by atoms with Crippen molar-refractivity contribution in [3.63, 3.8) is 0 Å². The minimum absolute atomic E-state index is 0.477. The lowest BCUT2D eigenvalue weighted by molar-refractivity contribution is 0.669. The largest absolute Gasteiger partial charge is 0.455 e. The fourth-order valence-corrected chi connectivity index (χ4v) is 6.55. The molecule has 51 heavy (non-hydrogen) atoms. The number of hydrogen-bond donors (Lipinski definition) is 0. The van der Waals surface area contributed by atoms with Gasteiger partial charge in [-0.25, -0.2) is 15.0 Å². The molecule has 3 heterocycles. The number of aromatic nitrogens is 4. The highest BCUT2D eigenvalue weighted by molar-refractivity contribution is 6.11. The minimum Gasteiger partial charge on any atom is -0.455 e. The van der Waals surface area contributed by atoms with Gasteiger partial charge in [0.05, 0.1) is 22.9 Å². The van der Waals surface area contributed by atoms with E-state index in [2.05, 4.69) is 65.7 Å². The van der Waals surface area contributed by atoms with Gasteiger partial charge >= 0.3 is 0 Å². The average molecular weight is 654 g/mol. The van der Waals surface area contributed by atoms with Crippen LogP contribution >= 0.6 is 0 Å². The van der Waals surface area contributed by atoms with Gasteiger partial charge in [0.15, 0.2) is 17.5 Å². The molecule has 0 saturated heterocycles. The first kappa shape index (κ1) is 29.9. The first-order chi connectivity index (χ1) is 25.2. The Morgan fingerprint density at radius 3 is 1.94 bits per heavy atom. The van der Waals surface area contributed by atoms with Gasteiger partial charge in [0, 0.05) is 33.7 Å². The molecule has 0 fully saturated rings. The van der Waals surface area contributed by atoms with Crippen LogP contribution in [-0.2, 0) is 0 Å². The van der Waals surface area contributed by atoms with E-state index in [1.54, 1.807) is 12.1 Å². The number of rotatable bonds is 6. The zero-order valence-corrected chi connectivity index (χ0v) is 27.2. The van der Waals surface area contributed by atoms with Crippen LogP contribution < -0.4 is 0 Å². The van der Waals surface area contributed by atoms with E-state index >= 15 is 0 Å². The lowest BCUT2D eigenvalue weighted by atomic mass is 9.94. The molecule has 0 saturated carbocycles. The molecule has 9 aromatic rings. The van der Waals surface area contributed by atoms with Crippen molar-refractivity contribution in [2.24, 2.45) is 0 Å². The molecule has 0 aliphatic rings. The van der Waals surface area contributed by atoms with Crippen molar-refractivity contribution in [1.82, 2.24) is 19.9 Å². The maximum Gasteiger partial charge on any atom is 0.167 e. The highest BCUT2D eigenvalue weighted by atomic mass is 16.3. The predicted molar refractivity (Wildman–Crippen MR) is 202 cm³/mol. The van der Waals surface area contributed by atoms with Gasteiger partial charge in [0.1, 0.15) is 11.2 Å². The second-order valence-electron chi connectivity index (χ2n) is 12.2. The second-order valence-corrected chi connectivity index (χ2v) is 12.2. The highest BCUT2D eigenvalue weighted by Gasteiger charge is 2.21. The van der Waals surface area contributed by atoms with Gasteiger partial charge in [-0.05, 0) is 82.9 Å². The van der Waals surface area contributed by atoms with Crippen LogP contribution in [0.4, 0.5) is 0 Å². The van der Waals surface area contributed by atoms with Crippen LogP contribution in [0.5, 0.6) is 0 Å². The van der Waals surface area contributed by atoms with Crippen LogP contribution in [0.15, 0.2) is 168 Å². The van der Waals surface area contributed by atoms with Crippen LogP contribution in [0.2, 0.25) is 0 Å². The normalized spacial score (nSPS) is 11.1. The number of nitrogens with zero attached hydrogens (tertiary/aromatic N) is 5. The van der Waals surface area contributed by atoms with Crippen LogP contribution in [0, 0.1) is 11.3 Å². The Hall–Kier alpha value is -7.23. The van der Waals surface area contributed by atoms with Crippen LogP contribution in [0.3, 0.4) is 0 Å². The Balaban J connectivity index is 1.31. The van der Waals surface area contributed by atoms with Crippen molar-refractivity contribution in [2.45, 2.75) is 0 Å². The summed E-state index contributed by atoms with van der Waals surface area (Å²) in [5.41, 5.74) is 10.5. The summed E-state index contributed by atoms with van der Waals surface area (Å²) < 4.78 is 6.59. The number of para-hydroxylation sites is 1. The molecule has 3 aromatic heterocycles. The summed E-state index contributed by atoms with van der Waals surface area (Å²) in [5.74, 6) is 1.50. The molecule has 0 radical (unpaired) electrons. The van der Waals surface area contributed by atoms with E-state index < -0.39 is 0 Å². The lowest BCUT2D eigenvalue weighted by Gasteiger charge is -2.13. The monoisotopic (exact) mass is 653 g/mol. The summed E-state index contributed by atoms with van der Waals surface area (Å²) in [4.78, 5) is 19.9. The molecule has 9 rings (SSSR count). The molecule has 0 amide bonds. The van der Waals surface area contributed by atoms with Gasteiger partial charge in [0.2, 0.25) is 0 Å².